The van der Waals surface area contributed by atoms with Crippen molar-refractivity contribution < 1.29 is 14.3 Å². The molecule has 0 aromatic carbocycles. The Kier molecular flexibility index (Phi) is 8.43. The van der Waals surface area contributed by atoms with Crippen molar-refractivity contribution in [3.05, 3.63) is 0 Å². The molecule has 10 heteroatoms. The van der Waals surface area contributed by atoms with Gasteiger partial charge in [0.1, 0.15) is 5.50 Å². The number of alkyl halides is 1. The quantitative estimate of drug-likeness (QED) is 0.456. The lowest BCUT2D eigenvalue weighted by Gasteiger charge is -2.54. The maximum Gasteiger partial charge on any atom is 0.233 e. The second kappa shape index (κ2) is 11.6. The normalized spacial score (nSPS) is 46.3. The lowest BCUT2D eigenvalue weighted by atomic mass is 9.87. The number of ether oxygens (including phenoxy) is 2. The summed E-state index contributed by atoms with van der Waals surface area (Å²) in [7, 11) is 0. The number of carbonyl (C=O) groups excluding carboxylic acids is 1. The molecule has 10 unspecified atom stereocenters. The predicted octanol–water partition coefficient (Wildman–Crippen LogP) is 3.21. The number of hydrogen-bond donors (Lipinski definition) is 3. The Balaban J connectivity index is 1.11. The third-order valence-electron chi connectivity index (χ3n) is 8.93. The summed E-state index contributed by atoms with van der Waals surface area (Å²) in [6, 6.07) is 1.05. The first-order valence-corrected chi connectivity index (χ1v) is 16.3. The average molecular weight is 545 g/mol. The molecular weight excluding hydrogens is 504 g/mol. The van der Waals surface area contributed by atoms with Gasteiger partial charge < -0.3 is 14.4 Å². The smallest absolute Gasteiger partial charge is 0.233 e. The van der Waals surface area contributed by atoms with Gasteiger partial charge in [0, 0.05) is 41.2 Å². The molecule has 35 heavy (non-hydrogen) atoms. The van der Waals surface area contributed by atoms with Gasteiger partial charge in [0.25, 0.3) is 0 Å². The molecule has 10 atom stereocenters. The van der Waals surface area contributed by atoms with Crippen molar-refractivity contribution in [3.63, 3.8) is 0 Å². The van der Waals surface area contributed by atoms with Gasteiger partial charge >= 0.3 is 0 Å². The molecule has 1 amide bonds. The fourth-order valence-electron chi connectivity index (χ4n) is 7.25. The number of fused-ring (bicyclic) bond motifs is 2. The van der Waals surface area contributed by atoms with Crippen LogP contribution in [-0.4, -0.2) is 87.5 Å². The van der Waals surface area contributed by atoms with Crippen LogP contribution >= 0.6 is 35.1 Å². The van der Waals surface area contributed by atoms with Gasteiger partial charge in [0.05, 0.1) is 30.0 Å². The Hall–Kier alpha value is 0.260. The molecule has 0 bridgehead atoms. The van der Waals surface area contributed by atoms with Gasteiger partial charge in [-0.1, -0.05) is 12.8 Å². The molecule has 2 saturated carbocycles. The summed E-state index contributed by atoms with van der Waals surface area (Å²) < 4.78 is 12.1. The fraction of sp³-hybridized carbons (Fsp3) is 0.960. The molecular formula is C25H41ClN4O3S2. The van der Waals surface area contributed by atoms with Crippen molar-refractivity contribution in [2.45, 2.75) is 128 Å². The monoisotopic (exact) mass is 544 g/mol. The van der Waals surface area contributed by atoms with Crippen molar-refractivity contribution in [1.82, 2.24) is 21.1 Å². The van der Waals surface area contributed by atoms with Crippen molar-refractivity contribution in [3.8, 4) is 0 Å². The number of halogens is 1. The highest BCUT2D eigenvalue weighted by molar-refractivity contribution is 8.00. The van der Waals surface area contributed by atoms with Crippen LogP contribution in [0.1, 0.15) is 70.6 Å². The lowest BCUT2D eigenvalue weighted by molar-refractivity contribution is -0.135. The van der Waals surface area contributed by atoms with E-state index in [2.05, 4.69) is 32.8 Å². The Morgan fingerprint density at radius 3 is 2.40 bits per heavy atom. The maximum atomic E-state index is 13.8. The minimum absolute atomic E-state index is 0.0324. The molecule has 4 heterocycles. The number of nitrogens with one attached hydrogen (secondary N) is 3. The zero-order valence-corrected chi connectivity index (χ0v) is 22.9. The second-order valence-corrected chi connectivity index (χ2v) is 14.3. The first-order valence-electron chi connectivity index (χ1n) is 13.9. The van der Waals surface area contributed by atoms with Crippen LogP contribution in [-0.2, 0) is 14.3 Å². The van der Waals surface area contributed by atoms with Gasteiger partial charge in [-0.25, -0.2) is 10.9 Å². The zero-order valence-electron chi connectivity index (χ0n) is 20.5. The summed E-state index contributed by atoms with van der Waals surface area (Å²) in [4.78, 5) is 16.1. The summed E-state index contributed by atoms with van der Waals surface area (Å²) in [6.45, 7) is 1.68. The summed E-state index contributed by atoms with van der Waals surface area (Å²) in [6.07, 6.45) is 12.9. The highest BCUT2D eigenvalue weighted by atomic mass is 35.5. The molecule has 0 aromatic rings. The second-order valence-electron chi connectivity index (χ2n) is 11.1. The minimum atomic E-state index is -0.0324. The summed E-state index contributed by atoms with van der Waals surface area (Å²) in [5.74, 6) is 0.783. The van der Waals surface area contributed by atoms with E-state index < -0.39 is 0 Å². The van der Waals surface area contributed by atoms with Crippen molar-refractivity contribution in [1.29, 1.82) is 0 Å². The third-order valence-corrected chi connectivity index (χ3v) is 12.1. The predicted molar refractivity (Wildman–Crippen MR) is 143 cm³/mol. The van der Waals surface area contributed by atoms with Crippen LogP contribution in [0.3, 0.4) is 0 Å². The average Bonchev–Trinajstić information content (AvgIpc) is 3.61. The van der Waals surface area contributed by atoms with Gasteiger partial charge in [-0.15, -0.1) is 23.4 Å². The molecule has 2 aliphatic carbocycles. The van der Waals surface area contributed by atoms with Crippen LogP contribution in [0.15, 0.2) is 0 Å². The van der Waals surface area contributed by atoms with E-state index in [0.29, 0.717) is 34.2 Å². The Morgan fingerprint density at radius 1 is 0.886 bits per heavy atom. The topological polar surface area (TPSA) is 74.9 Å². The molecule has 3 N–H and O–H groups in total. The third kappa shape index (κ3) is 5.54. The molecule has 6 fully saturated rings. The van der Waals surface area contributed by atoms with Crippen LogP contribution in [0.5, 0.6) is 0 Å². The highest BCUT2D eigenvalue weighted by Crippen LogP contribution is 2.47. The highest BCUT2D eigenvalue weighted by Gasteiger charge is 2.48. The standard InChI is InChI=1S/C25H41ClN4O3S2/c26-15-9-10-21-17(13-15)30(16-5-1-2-8-20(16)35-21)22(31)14-34-25-27-23(18-6-3-11-32-18)24(28-29-25)19-7-4-12-33-19/h15-21,23-25,27-29H,1-14H2. The van der Waals surface area contributed by atoms with E-state index in [1.807, 2.05) is 0 Å². The number of amides is 1. The molecule has 6 aliphatic rings. The summed E-state index contributed by atoms with van der Waals surface area (Å²) in [5, 5.41) is 5.15. The van der Waals surface area contributed by atoms with Crippen molar-refractivity contribution in [2.24, 2.45) is 0 Å². The Morgan fingerprint density at radius 2 is 1.63 bits per heavy atom. The van der Waals surface area contributed by atoms with E-state index in [-0.39, 0.29) is 35.2 Å². The van der Waals surface area contributed by atoms with Crippen LogP contribution in [0.4, 0.5) is 0 Å². The molecule has 0 aromatic heterocycles. The van der Waals surface area contributed by atoms with Crippen LogP contribution in [0.2, 0.25) is 0 Å². The molecule has 4 aliphatic heterocycles. The first-order chi connectivity index (χ1) is 17.2. The lowest BCUT2D eigenvalue weighted by Crippen LogP contribution is -2.72. The molecule has 4 saturated heterocycles. The Bertz CT molecular complexity index is 742. The molecule has 7 nitrogen and oxygen atoms in total. The van der Waals surface area contributed by atoms with E-state index in [1.54, 1.807) is 11.8 Å². The number of carbonyl (C=O) groups is 1. The number of rotatable bonds is 5. The SMILES string of the molecule is O=C(CSC1NNC(C2CCCO2)C(C2CCCO2)N1)N1C2CCCCC2SC2CCC(Cl)CC21. The van der Waals surface area contributed by atoms with Gasteiger partial charge in [-0.2, -0.15) is 11.8 Å². The van der Waals surface area contributed by atoms with E-state index in [4.69, 9.17) is 21.1 Å². The van der Waals surface area contributed by atoms with Crippen molar-refractivity contribution in [2.75, 3.05) is 19.0 Å². The fourth-order valence-corrected chi connectivity index (χ4v) is 10.3. The van der Waals surface area contributed by atoms with E-state index in [9.17, 15) is 4.79 Å². The van der Waals surface area contributed by atoms with Crippen molar-refractivity contribution >= 4 is 41.0 Å². The van der Waals surface area contributed by atoms with Crippen LogP contribution in [0, 0.1) is 0 Å². The van der Waals surface area contributed by atoms with Crippen LogP contribution < -0.4 is 16.2 Å². The number of nitrogens with zero attached hydrogens (tertiary/aromatic N) is 1. The molecule has 6 rings (SSSR count). The van der Waals surface area contributed by atoms with E-state index in [1.165, 1.54) is 19.3 Å². The van der Waals surface area contributed by atoms with E-state index in [0.717, 1.165) is 64.6 Å². The Labute approximate surface area is 223 Å². The van der Waals surface area contributed by atoms with Gasteiger partial charge in [0.15, 0.2) is 0 Å². The number of thioether (sulfide) groups is 2. The molecule has 198 valence electrons. The van der Waals surface area contributed by atoms with E-state index >= 15 is 0 Å². The maximum absolute atomic E-state index is 13.8. The van der Waals surface area contributed by atoms with Gasteiger partial charge in [0.2, 0.25) is 5.91 Å². The summed E-state index contributed by atoms with van der Waals surface area (Å²) in [5.41, 5.74) is 6.97. The molecule has 0 radical (unpaired) electrons. The first kappa shape index (κ1) is 25.5. The molecule has 0 spiro atoms. The van der Waals surface area contributed by atoms with Crippen LogP contribution in [0.25, 0.3) is 0 Å². The number of hydrogen-bond acceptors (Lipinski definition) is 8. The zero-order chi connectivity index (χ0) is 23.8. The van der Waals surface area contributed by atoms with Gasteiger partial charge in [-0.05, 0) is 57.8 Å². The minimum Gasteiger partial charge on any atom is -0.377 e. The number of hydrazine groups is 1. The van der Waals surface area contributed by atoms with Gasteiger partial charge in [-0.3, -0.25) is 10.1 Å². The largest absolute Gasteiger partial charge is 0.377 e. The summed E-state index contributed by atoms with van der Waals surface area (Å²) >= 11 is 10.5.